The highest BCUT2D eigenvalue weighted by molar-refractivity contribution is 6.32. The highest BCUT2D eigenvalue weighted by Crippen LogP contribution is 2.27. The zero-order chi connectivity index (χ0) is 14.7. The molecule has 0 atom stereocenters. The van der Waals surface area contributed by atoms with Crippen molar-refractivity contribution in [2.45, 2.75) is 20.3 Å². The summed E-state index contributed by atoms with van der Waals surface area (Å²) in [6.45, 7) is 4.09. The normalized spacial score (nSPS) is 16.6. The Bertz CT molecular complexity index is 591. The third kappa shape index (κ3) is 3.39. The SMILES string of the molecule is COc1ccc(/C=C2/N=C(CC(C)C)OC2=O)cc1Cl. The monoisotopic (exact) mass is 293 g/mol. The van der Waals surface area contributed by atoms with E-state index >= 15 is 0 Å². The highest BCUT2D eigenvalue weighted by atomic mass is 35.5. The van der Waals surface area contributed by atoms with E-state index in [-0.39, 0.29) is 0 Å². The Morgan fingerprint density at radius 2 is 2.20 bits per heavy atom. The Kier molecular flexibility index (Phi) is 4.45. The van der Waals surface area contributed by atoms with E-state index in [9.17, 15) is 4.79 Å². The number of nitrogens with zero attached hydrogens (tertiary/aromatic N) is 1. The van der Waals surface area contributed by atoms with Gasteiger partial charge in [0, 0.05) is 6.42 Å². The number of ether oxygens (including phenoxy) is 2. The zero-order valence-electron chi connectivity index (χ0n) is 11.6. The number of aliphatic imine (C=N–C) groups is 1. The van der Waals surface area contributed by atoms with Gasteiger partial charge in [-0.2, -0.15) is 0 Å². The minimum atomic E-state index is -0.424. The first kappa shape index (κ1) is 14.6. The fraction of sp³-hybridized carbons (Fsp3) is 0.333. The fourth-order valence-corrected chi connectivity index (χ4v) is 2.09. The summed E-state index contributed by atoms with van der Waals surface area (Å²) in [5, 5.41) is 0.486. The molecule has 0 bridgehead atoms. The van der Waals surface area contributed by atoms with Crippen LogP contribution in [-0.4, -0.2) is 19.0 Å². The van der Waals surface area contributed by atoms with Crippen molar-refractivity contribution < 1.29 is 14.3 Å². The van der Waals surface area contributed by atoms with Crippen molar-refractivity contribution in [3.8, 4) is 5.75 Å². The summed E-state index contributed by atoms with van der Waals surface area (Å²) in [5.74, 6) is 1.02. The van der Waals surface area contributed by atoms with Crippen LogP contribution in [0.15, 0.2) is 28.9 Å². The van der Waals surface area contributed by atoms with Crippen LogP contribution in [0.5, 0.6) is 5.75 Å². The predicted molar refractivity (Wildman–Crippen MR) is 79.0 cm³/mol. The van der Waals surface area contributed by atoms with Crippen molar-refractivity contribution >= 4 is 29.5 Å². The van der Waals surface area contributed by atoms with Crippen molar-refractivity contribution in [2.24, 2.45) is 10.9 Å². The molecule has 0 spiro atoms. The number of benzene rings is 1. The number of carbonyl (C=O) groups is 1. The second-order valence-corrected chi connectivity index (χ2v) is 5.32. The molecule has 106 valence electrons. The number of esters is 1. The number of hydrogen-bond donors (Lipinski definition) is 0. The van der Waals surface area contributed by atoms with E-state index in [1.165, 1.54) is 0 Å². The van der Waals surface area contributed by atoms with E-state index in [0.29, 0.717) is 34.7 Å². The molecule has 0 aliphatic carbocycles. The number of halogens is 1. The molecule has 0 saturated carbocycles. The van der Waals surface area contributed by atoms with Gasteiger partial charge < -0.3 is 9.47 Å². The second-order valence-electron chi connectivity index (χ2n) is 4.92. The molecule has 0 N–H and O–H groups in total. The molecule has 1 aliphatic rings. The van der Waals surface area contributed by atoms with Gasteiger partial charge in [0.25, 0.3) is 0 Å². The van der Waals surface area contributed by atoms with E-state index in [1.54, 1.807) is 31.4 Å². The van der Waals surface area contributed by atoms with Crippen molar-refractivity contribution in [3.05, 3.63) is 34.5 Å². The predicted octanol–water partition coefficient (Wildman–Crippen LogP) is 3.69. The van der Waals surface area contributed by atoms with Crippen molar-refractivity contribution in [2.75, 3.05) is 7.11 Å². The van der Waals surface area contributed by atoms with Gasteiger partial charge in [0.2, 0.25) is 0 Å². The summed E-state index contributed by atoms with van der Waals surface area (Å²) >= 11 is 6.04. The van der Waals surface area contributed by atoms with Gasteiger partial charge in [-0.25, -0.2) is 9.79 Å². The molecule has 4 nitrogen and oxygen atoms in total. The van der Waals surface area contributed by atoms with Gasteiger partial charge in [-0.3, -0.25) is 0 Å². The Balaban J connectivity index is 2.24. The summed E-state index contributed by atoms with van der Waals surface area (Å²) in [5.41, 5.74) is 1.07. The topological polar surface area (TPSA) is 47.9 Å². The third-order valence-corrected chi connectivity index (χ3v) is 3.02. The largest absolute Gasteiger partial charge is 0.495 e. The van der Waals surface area contributed by atoms with E-state index < -0.39 is 5.97 Å². The summed E-state index contributed by atoms with van der Waals surface area (Å²) < 4.78 is 10.2. The summed E-state index contributed by atoms with van der Waals surface area (Å²) in [6, 6.07) is 5.27. The molecule has 2 rings (SSSR count). The van der Waals surface area contributed by atoms with Gasteiger partial charge >= 0.3 is 5.97 Å². The van der Waals surface area contributed by atoms with E-state index in [2.05, 4.69) is 4.99 Å². The smallest absolute Gasteiger partial charge is 0.363 e. The van der Waals surface area contributed by atoms with Crippen molar-refractivity contribution in [1.82, 2.24) is 0 Å². The maximum atomic E-state index is 11.7. The van der Waals surface area contributed by atoms with Gasteiger partial charge in [-0.15, -0.1) is 0 Å². The van der Waals surface area contributed by atoms with Crippen LogP contribution in [-0.2, 0) is 9.53 Å². The number of rotatable bonds is 4. The average molecular weight is 294 g/mol. The molecule has 1 heterocycles. The first-order valence-electron chi connectivity index (χ1n) is 6.34. The molecule has 1 aromatic carbocycles. The van der Waals surface area contributed by atoms with Crippen LogP contribution in [0.1, 0.15) is 25.8 Å². The Labute approximate surface area is 123 Å². The highest BCUT2D eigenvalue weighted by Gasteiger charge is 2.23. The number of hydrogen-bond acceptors (Lipinski definition) is 4. The Morgan fingerprint density at radius 3 is 2.80 bits per heavy atom. The molecule has 0 fully saturated rings. The van der Waals surface area contributed by atoms with Crippen LogP contribution < -0.4 is 4.74 Å². The number of carbonyl (C=O) groups excluding carboxylic acids is 1. The average Bonchev–Trinajstić information content (AvgIpc) is 2.69. The third-order valence-electron chi connectivity index (χ3n) is 2.73. The lowest BCUT2D eigenvalue weighted by Gasteiger charge is -2.03. The maximum absolute atomic E-state index is 11.7. The lowest BCUT2D eigenvalue weighted by molar-refractivity contribution is -0.130. The Morgan fingerprint density at radius 1 is 1.45 bits per heavy atom. The quantitative estimate of drug-likeness (QED) is 0.628. The second kappa shape index (κ2) is 6.09. The van der Waals surface area contributed by atoms with Crippen LogP contribution in [0, 0.1) is 5.92 Å². The minimum absolute atomic E-state index is 0.293. The van der Waals surface area contributed by atoms with E-state index in [4.69, 9.17) is 21.1 Å². The van der Waals surface area contributed by atoms with Crippen molar-refractivity contribution in [1.29, 1.82) is 0 Å². The molecular weight excluding hydrogens is 278 g/mol. The molecule has 0 unspecified atom stereocenters. The number of cyclic esters (lactones) is 1. The van der Waals surface area contributed by atoms with E-state index in [0.717, 1.165) is 5.56 Å². The lowest BCUT2D eigenvalue weighted by atomic mass is 10.1. The van der Waals surface area contributed by atoms with E-state index in [1.807, 2.05) is 13.8 Å². The Hall–Kier alpha value is -1.81. The van der Waals surface area contributed by atoms with Crippen LogP contribution >= 0.6 is 11.6 Å². The molecular formula is C15H16ClNO3. The molecule has 0 saturated heterocycles. The lowest BCUT2D eigenvalue weighted by Crippen LogP contribution is -2.06. The zero-order valence-corrected chi connectivity index (χ0v) is 12.4. The van der Waals surface area contributed by atoms with Gasteiger partial charge in [0.1, 0.15) is 5.75 Å². The van der Waals surface area contributed by atoms with Crippen molar-refractivity contribution in [3.63, 3.8) is 0 Å². The molecule has 1 aromatic rings. The summed E-state index contributed by atoms with van der Waals surface area (Å²) in [4.78, 5) is 15.9. The standard InChI is InChI=1S/C15H16ClNO3/c1-9(2)6-14-17-12(15(18)20-14)8-10-4-5-13(19-3)11(16)7-10/h4-5,7-9H,6H2,1-3H3/b12-8+. The summed E-state index contributed by atoms with van der Waals surface area (Å²) in [7, 11) is 1.55. The van der Waals surface area contributed by atoms with Gasteiger partial charge in [-0.1, -0.05) is 31.5 Å². The first-order valence-corrected chi connectivity index (χ1v) is 6.72. The van der Waals surface area contributed by atoms with Gasteiger partial charge in [0.05, 0.1) is 12.1 Å². The molecule has 0 radical (unpaired) electrons. The fourth-order valence-electron chi connectivity index (χ4n) is 1.82. The minimum Gasteiger partial charge on any atom is -0.495 e. The van der Waals surface area contributed by atoms with Crippen LogP contribution in [0.25, 0.3) is 6.08 Å². The number of methoxy groups -OCH3 is 1. The molecule has 5 heteroatoms. The molecule has 0 aromatic heterocycles. The molecule has 20 heavy (non-hydrogen) atoms. The molecule has 1 aliphatic heterocycles. The first-order chi connectivity index (χ1) is 9.49. The molecule has 0 amide bonds. The summed E-state index contributed by atoms with van der Waals surface area (Å²) in [6.07, 6.45) is 2.30. The van der Waals surface area contributed by atoms with Crippen LogP contribution in [0.4, 0.5) is 0 Å². The van der Waals surface area contributed by atoms with Gasteiger partial charge in [0.15, 0.2) is 11.6 Å². The van der Waals surface area contributed by atoms with Gasteiger partial charge in [-0.05, 0) is 29.7 Å². The van der Waals surface area contributed by atoms with Crippen LogP contribution in [0.3, 0.4) is 0 Å². The van der Waals surface area contributed by atoms with Crippen LogP contribution in [0.2, 0.25) is 5.02 Å². The maximum Gasteiger partial charge on any atom is 0.363 e.